The van der Waals surface area contributed by atoms with E-state index < -0.39 is 27.8 Å². The van der Waals surface area contributed by atoms with Gasteiger partial charge in [-0.25, -0.2) is 4.79 Å². The zero-order valence-corrected chi connectivity index (χ0v) is 28.7. The minimum absolute atomic E-state index is 0.0252. The lowest BCUT2D eigenvalue weighted by Crippen LogP contribution is -2.34. The number of ether oxygens (including phenoxy) is 2. The second-order valence-corrected chi connectivity index (χ2v) is 13.7. The Balaban J connectivity index is 0.00000361. The highest BCUT2D eigenvalue weighted by atomic mass is 32.2. The summed E-state index contributed by atoms with van der Waals surface area (Å²) in [6.07, 6.45) is 2.82. The molecule has 4 N–H and O–H groups in total. The number of ketones is 1. The van der Waals surface area contributed by atoms with Crippen molar-refractivity contribution < 1.29 is 27.5 Å². The molecule has 0 fully saturated rings. The van der Waals surface area contributed by atoms with Crippen molar-refractivity contribution in [2.45, 2.75) is 110 Å². The third-order valence-electron chi connectivity index (χ3n) is 8.10. The molecule has 1 atom stereocenters. The van der Waals surface area contributed by atoms with Gasteiger partial charge >= 0.3 is 6.09 Å². The summed E-state index contributed by atoms with van der Waals surface area (Å²) < 4.78 is 42.1. The predicted octanol–water partition coefficient (Wildman–Crippen LogP) is 5.30. The molecule has 1 heterocycles. The van der Waals surface area contributed by atoms with Gasteiger partial charge in [-0.15, -0.1) is 4.40 Å². The number of nitrogens with zero attached hydrogens (tertiary/aromatic N) is 4. The zero-order chi connectivity index (χ0) is 34.7. The molecular weight excluding hydrogens is 608 g/mol. The van der Waals surface area contributed by atoms with Crippen LogP contribution in [-0.2, 0) is 32.6 Å². The Bertz CT molecular complexity index is 1520. The third kappa shape index (κ3) is 10.3. The van der Waals surface area contributed by atoms with E-state index in [1.807, 2.05) is 58.0 Å². The number of unbranched alkanes of at least 4 members (excludes halogenated alkanes) is 1. The number of carbonyl (C=O) groups is 2. The van der Waals surface area contributed by atoms with Crippen LogP contribution in [0.5, 0.6) is 5.75 Å². The maximum atomic E-state index is 13.3. The molecule has 1 aliphatic heterocycles. The number of sulfonamides is 1. The van der Waals surface area contributed by atoms with Gasteiger partial charge in [0.25, 0.3) is 10.0 Å². The summed E-state index contributed by atoms with van der Waals surface area (Å²) in [5, 5.41) is 12.0. The molecule has 2 aromatic carbocycles. The average Bonchev–Trinajstić information content (AvgIpc) is 3.35. The van der Waals surface area contributed by atoms with Crippen molar-refractivity contribution >= 4 is 27.7 Å². The Morgan fingerprint density at radius 1 is 1.04 bits per heavy atom. The fourth-order valence-corrected chi connectivity index (χ4v) is 7.07. The van der Waals surface area contributed by atoms with Crippen molar-refractivity contribution in [2.75, 3.05) is 13.1 Å². The van der Waals surface area contributed by atoms with E-state index in [-0.39, 0.29) is 36.0 Å². The average molecular weight is 657 g/mol. The number of carbonyl (C=O) groups excluding carboxylic acids is 2. The fraction of sp³-hybridized carbons (Fsp3) is 0.545. The van der Waals surface area contributed by atoms with E-state index in [0.717, 1.165) is 22.4 Å². The fourth-order valence-electron chi connectivity index (χ4n) is 5.53. The van der Waals surface area contributed by atoms with Crippen LogP contribution in [0.2, 0.25) is 0 Å². The summed E-state index contributed by atoms with van der Waals surface area (Å²) in [6.45, 7) is 12.3. The molecule has 1 aliphatic rings. The van der Waals surface area contributed by atoms with Gasteiger partial charge in [-0.1, -0.05) is 36.8 Å². The molecule has 0 aliphatic carbocycles. The van der Waals surface area contributed by atoms with E-state index in [9.17, 15) is 18.0 Å². The molecule has 1 amide bonds. The van der Waals surface area contributed by atoms with E-state index in [0.29, 0.717) is 56.3 Å². The summed E-state index contributed by atoms with van der Waals surface area (Å²) in [7, 11) is -4.02. The second kappa shape index (κ2) is 17.1. The van der Waals surface area contributed by atoms with E-state index in [1.165, 1.54) is 0 Å². The molecule has 252 valence electrons. The lowest BCUT2D eigenvalue weighted by molar-refractivity contribution is -0.120. The molecule has 2 aromatic rings. The summed E-state index contributed by atoms with van der Waals surface area (Å²) in [5.74, 6) is 0.709. The Morgan fingerprint density at radius 3 is 2.33 bits per heavy atom. The van der Waals surface area contributed by atoms with Gasteiger partial charge in [-0.3, -0.25) is 4.79 Å². The smallest absolute Gasteiger partial charge is 0.410 e. The summed E-state index contributed by atoms with van der Waals surface area (Å²) >= 11 is 0. The largest absolute Gasteiger partial charge is 0.487 e. The number of Topliss-reactive ketones (excluding diaryl/α,β-unsaturated/α-hetero) is 1. The molecule has 0 saturated carbocycles. The molecule has 46 heavy (non-hydrogen) atoms. The van der Waals surface area contributed by atoms with Crippen molar-refractivity contribution in [1.29, 1.82) is 10.8 Å². The first-order chi connectivity index (χ1) is 21.7. The molecule has 0 unspecified atom stereocenters. The Morgan fingerprint density at radius 2 is 1.70 bits per heavy atom. The van der Waals surface area contributed by atoms with Gasteiger partial charge in [0, 0.05) is 48.7 Å². The number of rotatable bonds is 15. The van der Waals surface area contributed by atoms with Gasteiger partial charge < -0.3 is 25.8 Å². The van der Waals surface area contributed by atoms with E-state index in [2.05, 4.69) is 4.40 Å². The zero-order valence-electron chi connectivity index (χ0n) is 27.8. The Hall–Kier alpha value is -4.02. The van der Waals surface area contributed by atoms with Crippen LogP contribution in [0.1, 0.15) is 87.1 Å². The first-order valence-electron chi connectivity index (χ1n) is 15.5. The maximum Gasteiger partial charge on any atom is 0.410 e. The molecule has 0 spiro atoms. The predicted molar refractivity (Wildman–Crippen MR) is 176 cm³/mol. The summed E-state index contributed by atoms with van der Waals surface area (Å²) in [6, 6.07) is 8.82. The summed E-state index contributed by atoms with van der Waals surface area (Å²) in [4.78, 5) is 26.7. The molecule has 13 heteroatoms. The van der Waals surface area contributed by atoms with Crippen molar-refractivity contribution in [3.05, 3.63) is 58.1 Å². The summed E-state index contributed by atoms with van der Waals surface area (Å²) in [5.41, 5.74) is 15.7. The highest BCUT2D eigenvalue weighted by molar-refractivity contribution is 7.90. The number of hydrogen-bond acceptors (Lipinski definition) is 9. The van der Waals surface area contributed by atoms with Crippen molar-refractivity contribution in [1.82, 2.24) is 4.90 Å². The molecule has 12 nitrogen and oxygen atoms in total. The highest BCUT2D eigenvalue weighted by Gasteiger charge is 2.36. The maximum absolute atomic E-state index is 13.3. The van der Waals surface area contributed by atoms with Crippen LogP contribution in [0, 0.1) is 31.6 Å². The quantitative estimate of drug-likeness (QED) is 0.110. The Labute approximate surface area is 273 Å². The van der Waals surface area contributed by atoms with Crippen LogP contribution in [-0.4, -0.2) is 55.8 Å². The van der Waals surface area contributed by atoms with Crippen LogP contribution in [0.15, 0.2) is 39.6 Å². The van der Waals surface area contributed by atoms with Gasteiger partial charge in [0.05, 0.1) is 10.9 Å². The van der Waals surface area contributed by atoms with Gasteiger partial charge in [-0.05, 0) is 83.1 Å². The monoisotopic (exact) mass is 656 g/mol. The van der Waals surface area contributed by atoms with Gasteiger partial charge in [0.15, 0.2) is 0 Å². The molecular formula is C33H48N6O6S. The normalized spacial score (nSPS) is 14.3. The van der Waals surface area contributed by atoms with E-state index in [4.69, 9.17) is 31.7 Å². The number of hydrogen-bond donors (Lipinski definition) is 2. The molecule has 0 radical (unpaired) electrons. The lowest BCUT2D eigenvalue weighted by atomic mass is 9.94. The minimum atomic E-state index is -4.02. The number of nitrogens with two attached hydrogens (primary N) is 2. The molecule has 0 aromatic heterocycles. The first kappa shape index (κ1) is 38.2. The van der Waals surface area contributed by atoms with Crippen molar-refractivity contribution in [3.63, 3.8) is 0 Å². The first-order valence-corrected chi connectivity index (χ1v) is 17.0. The van der Waals surface area contributed by atoms with Crippen LogP contribution in [0.3, 0.4) is 0 Å². The van der Waals surface area contributed by atoms with Gasteiger partial charge in [-0.2, -0.15) is 8.42 Å². The van der Waals surface area contributed by atoms with Crippen LogP contribution in [0.25, 0.3) is 0 Å². The topological polar surface area (TPSA) is 202 Å². The highest BCUT2D eigenvalue weighted by Crippen LogP contribution is 2.44. The lowest BCUT2D eigenvalue weighted by Gasteiger charge is -2.20. The molecule has 0 bridgehead atoms. The van der Waals surface area contributed by atoms with Crippen LogP contribution in [0.4, 0.5) is 4.79 Å². The van der Waals surface area contributed by atoms with Crippen molar-refractivity contribution in [3.8, 4) is 5.75 Å². The third-order valence-corrected chi connectivity index (χ3v) is 9.70. The van der Waals surface area contributed by atoms with E-state index in [1.54, 1.807) is 18.7 Å². The Kier molecular flexibility index (Phi) is 14.1. The SMILES string of the molecule is CCN(CCCC(=O)[C@@H](N)CCCCC(N)=NS(=O)(=O)c1c(C)c(C)c2c(c1C)CC(C)(C)O2)C(=O)OCc1ccccc1.N#N. The van der Waals surface area contributed by atoms with Crippen LogP contribution < -0.4 is 16.2 Å². The van der Waals surface area contributed by atoms with E-state index >= 15 is 0 Å². The molecule has 3 rings (SSSR count). The van der Waals surface area contributed by atoms with Gasteiger partial charge in [0.1, 0.15) is 29.6 Å². The second-order valence-electron chi connectivity index (χ2n) is 12.2. The van der Waals surface area contributed by atoms with Crippen molar-refractivity contribution in [2.24, 2.45) is 15.9 Å². The van der Waals surface area contributed by atoms with Crippen LogP contribution >= 0.6 is 0 Å². The minimum Gasteiger partial charge on any atom is -0.487 e. The standard InChI is InChI=1S/C33H48N4O6S.N2/c1-7-37(32(39)42-21-25-14-9-8-10-15-25)19-13-17-28(38)27(34)16-11-12-18-29(35)36-44(40,41)31-23(3)22(2)30-26(24(31)4)20-33(5,6)43-30;1-2/h8-10,14-15,27H,7,11-13,16-21,34H2,1-6H3,(H2,35,36);/t27-;/m0./s1. The number of amides is 1. The molecule has 0 saturated heterocycles. The number of fused-ring (bicyclic) bond motifs is 1. The number of amidine groups is 1. The number of benzene rings is 2. The van der Waals surface area contributed by atoms with Gasteiger partial charge in [0.2, 0.25) is 0 Å².